The average Bonchev–Trinajstić information content (AvgIpc) is 3.17. The van der Waals surface area contributed by atoms with E-state index >= 15 is 0 Å². The summed E-state index contributed by atoms with van der Waals surface area (Å²) in [4.78, 5) is 41.0. The Morgan fingerprint density at radius 3 is 2.48 bits per heavy atom. The monoisotopic (exact) mass is 420 g/mol. The Kier molecular flexibility index (Phi) is 6.81. The van der Waals surface area contributed by atoms with Crippen LogP contribution < -0.4 is 10.6 Å². The van der Waals surface area contributed by atoms with Crippen LogP contribution in [0.3, 0.4) is 0 Å². The number of carbonyl (C=O) groups excluding carboxylic acids is 3. The van der Waals surface area contributed by atoms with Crippen LogP contribution in [-0.4, -0.2) is 33.9 Å². The predicted molar refractivity (Wildman–Crippen MR) is 115 cm³/mol. The van der Waals surface area contributed by atoms with Gasteiger partial charge < -0.3 is 19.9 Å². The van der Waals surface area contributed by atoms with Gasteiger partial charge in [0.25, 0.3) is 5.91 Å². The molecule has 0 bridgehead atoms. The zero-order chi connectivity index (χ0) is 22.4. The number of amides is 2. The molecule has 0 aliphatic rings. The van der Waals surface area contributed by atoms with E-state index in [4.69, 9.17) is 4.74 Å². The van der Waals surface area contributed by atoms with Gasteiger partial charge in [0.15, 0.2) is 6.61 Å². The van der Waals surface area contributed by atoms with Gasteiger partial charge >= 0.3 is 5.97 Å². The number of aromatic nitrogens is 2. The molecular weight excluding hydrogens is 396 g/mol. The third kappa shape index (κ3) is 5.36. The standard InChI is InChI=1S/C23H24N4O4/c1-15-8-7-11-18(20(15)25-16(2)28)23(30)31-14-19(29)26-21(17-9-5-4-6-10-17)22-24-12-13-27(22)3/h4-13,21H,14H2,1-3H3,(H,25,28)(H,26,29)/t21-/m0/s1. The second-order valence-corrected chi connectivity index (χ2v) is 7.06. The summed E-state index contributed by atoms with van der Waals surface area (Å²) >= 11 is 0. The summed E-state index contributed by atoms with van der Waals surface area (Å²) in [5, 5.41) is 5.51. The van der Waals surface area contributed by atoms with Crippen molar-refractivity contribution in [1.82, 2.24) is 14.9 Å². The number of imidazole rings is 1. The molecule has 0 saturated heterocycles. The van der Waals surface area contributed by atoms with Gasteiger partial charge in [-0.05, 0) is 24.1 Å². The molecule has 0 fully saturated rings. The number of rotatable bonds is 7. The van der Waals surface area contributed by atoms with Gasteiger partial charge in [0, 0.05) is 26.4 Å². The second-order valence-electron chi connectivity index (χ2n) is 7.06. The van der Waals surface area contributed by atoms with Crippen molar-refractivity contribution in [2.24, 2.45) is 7.05 Å². The first kappa shape index (κ1) is 21.8. The SMILES string of the molecule is CC(=O)Nc1c(C)cccc1C(=O)OCC(=O)N[C@@H](c1ccccc1)c1nccn1C. The fraction of sp³-hybridized carbons (Fsp3) is 0.217. The molecule has 1 heterocycles. The number of esters is 1. The summed E-state index contributed by atoms with van der Waals surface area (Å²) in [7, 11) is 1.84. The van der Waals surface area contributed by atoms with Crippen molar-refractivity contribution in [1.29, 1.82) is 0 Å². The molecule has 0 radical (unpaired) electrons. The van der Waals surface area contributed by atoms with Crippen LogP contribution in [0.5, 0.6) is 0 Å². The highest BCUT2D eigenvalue weighted by Gasteiger charge is 2.22. The minimum atomic E-state index is -0.698. The number of carbonyl (C=O) groups is 3. The van der Waals surface area contributed by atoms with E-state index in [2.05, 4.69) is 15.6 Å². The van der Waals surface area contributed by atoms with Gasteiger partial charge in [-0.15, -0.1) is 0 Å². The van der Waals surface area contributed by atoms with Crippen LogP contribution in [0.1, 0.15) is 40.3 Å². The Hall–Kier alpha value is -3.94. The molecule has 160 valence electrons. The lowest BCUT2D eigenvalue weighted by molar-refractivity contribution is -0.124. The highest BCUT2D eigenvalue weighted by Crippen LogP contribution is 2.22. The molecule has 2 aromatic carbocycles. The van der Waals surface area contributed by atoms with Crippen LogP contribution in [0.15, 0.2) is 60.9 Å². The fourth-order valence-electron chi connectivity index (χ4n) is 3.19. The summed E-state index contributed by atoms with van der Waals surface area (Å²) in [5.74, 6) is -0.825. The zero-order valence-corrected chi connectivity index (χ0v) is 17.6. The number of hydrogen-bond donors (Lipinski definition) is 2. The van der Waals surface area contributed by atoms with Crippen LogP contribution in [0.25, 0.3) is 0 Å². The number of ether oxygens (including phenoxy) is 1. The van der Waals surface area contributed by atoms with Gasteiger partial charge in [0.1, 0.15) is 11.9 Å². The summed E-state index contributed by atoms with van der Waals surface area (Å²) < 4.78 is 7.04. The quantitative estimate of drug-likeness (QED) is 0.572. The van der Waals surface area contributed by atoms with Crippen LogP contribution >= 0.6 is 0 Å². The first-order valence-electron chi connectivity index (χ1n) is 9.72. The van der Waals surface area contributed by atoms with Crippen molar-refractivity contribution >= 4 is 23.5 Å². The molecule has 8 heteroatoms. The highest BCUT2D eigenvalue weighted by molar-refractivity contribution is 6.02. The molecule has 31 heavy (non-hydrogen) atoms. The van der Waals surface area contributed by atoms with Crippen LogP contribution in [-0.2, 0) is 21.4 Å². The largest absolute Gasteiger partial charge is 0.452 e. The first-order chi connectivity index (χ1) is 14.9. The molecular formula is C23H24N4O4. The number of benzene rings is 2. The maximum absolute atomic E-state index is 12.6. The maximum Gasteiger partial charge on any atom is 0.340 e. The van der Waals surface area contributed by atoms with E-state index in [0.717, 1.165) is 5.56 Å². The molecule has 1 atom stereocenters. The number of para-hydroxylation sites is 1. The van der Waals surface area contributed by atoms with Crippen molar-refractivity contribution in [3.05, 3.63) is 83.4 Å². The third-order valence-corrected chi connectivity index (χ3v) is 4.68. The lowest BCUT2D eigenvalue weighted by Crippen LogP contribution is -2.34. The molecule has 1 aromatic heterocycles. The summed E-state index contributed by atoms with van der Waals surface area (Å²) in [5.41, 5.74) is 2.12. The summed E-state index contributed by atoms with van der Waals surface area (Å²) in [6, 6.07) is 13.9. The minimum absolute atomic E-state index is 0.187. The number of nitrogens with zero attached hydrogens (tertiary/aromatic N) is 2. The van der Waals surface area contributed by atoms with Crippen molar-refractivity contribution in [2.75, 3.05) is 11.9 Å². The molecule has 2 N–H and O–H groups in total. The maximum atomic E-state index is 12.6. The van der Waals surface area contributed by atoms with E-state index in [1.165, 1.54) is 6.92 Å². The molecule has 0 spiro atoms. The minimum Gasteiger partial charge on any atom is -0.452 e. The van der Waals surface area contributed by atoms with Crippen LogP contribution in [0, 0.1) is 6.92 Å². The average molecular weight is 420 g/mol. The topological polar surface area (TPSA) is 102 Å². The summed E-state index contributed by atoms with van der Waals surface area (Å²) in [6.45, 7) is 2.66. The summed E-state index contributed by atoms with van der Waals surface area (Å²) in [6.07, 6.45) is 3.44. The predicted octanol–water partition coefficient (Wildman–Crippen LogP) is 2.75. The molecule has 3 aromatic rings. The number of nitrogens with one attached hydrogen (secondary N) is 2. The van der Waals surface area contributed by atoms with E-state index in [9.17, 15) is 14.4 Å². The molecule has 0 unspecified atom stereocenters. The molecule has 2 amide bonds. The van der Waals surface area contributed by atoms with Gasteiger partial charge in [-0.3, -0.25) is 9.59 Å². The van der Waals surface area contributed by atoms with Crippen molar-refractivity contribution in [3.63, 3.8) is 0 Å². The van der Waals surface area contributed by atoms with Crippen molar-refractivity contribution in [2.45, 2.75) is 19.9 Å². The number of aryl methyl sites for hydroxylation is 2. The molecule has 3 rings (SSSR count). The third-order valence-electron chi connectivity index (χ3n) is 4.68. The van der Waals surface area contributed by atoms with E-state index in [1.54, 1.807) is 37.5 Å². The lowest BCUT2D eigenvalue weighted by Gasteiger charge is -2.19. The number of anilines is 1. The van der Waals surface area contributed by atoms with Crippen LogP contribution in [0.2, 0.25) is 0 Å². The van der Waals surface area contributed by atoms with Gasteiger partial charge in [0.2, 0.25) is 5.91 Å². The van der Waals surface area contributed by atoms with Crippen molar-refractivity contribution < 1.29 is 19.1 Å². The van der Waals surface area contributed by atoms with Crippen molar-refractivity contribution in [3.8, 4) is 0 Å². The Balaban J connectivity index is 1.72. The van der Waals surface area contributed by atoms with Gasteiger partial charge in [-0.25, -0.2) is 9.78 Å². The Labute approximate surface area is 180 Å². The van der Waals surface area contributed by atoms with E-state index in [-0.39, 0.29) is 11.5 Å². The Morgan fingerprint density at radius 1 is 1.10 bits per heavy atom. The van der Waals surface area contributed by atoms with Gasteiger partial charge in [0.05, 0.1) is 11.3 Å². The van der Waals surface area contributed by atoms with E-state index in [1.807, 2.05) is 41.9 Å². The Bertz CT molecular complexity index is 1090. The molecule has 0 aliphatic heterocycles. The highest BCUT2D eigenvalue weighted by atomic mass is 16.5. The lowest BCUT2D eigenvalue weighted by atomic mass is 10.1. The van der Waals surface area contributed by atoms with Gasteiger partial charge in [-0.2, -0.15) is 0 Å². The zero-order valence-electron chi connectivity index (χ0n) is 17.6. The molecule has 8 nitrogen and oxygen atoms in total. The van der Waals surface area contributed by atoms with Gasteiger partial charge in [-0.1, -0.05) is 42.5 Å². The smallest absolute Gasteiger partial charge is 0.340 e. The Morgan fingerprint density at radius 2 is 1.84 bits per heavy atom. The second kappa shape index (κ2) is 9.71. The normalized spacial score (nSPS) is 11.5. The molecule has 0 aliphatic carbocycles. The van der Waals surface area contributed by atoms with Crippen LogP contribution in [0.4, 0.5) is 5.69 Å². The molecule has 0 saturated carbocycles. The van der Waals surface area contributed by atoms with E-state index in [0.29, 0.717) is 17.1 Å². The van der Waals surface area contributed by atoms with E-state index < -0.39 is 24.5 Å². The fourth-order valence-corrected chi connectivity index (χ4v) is 3.19. The first-order valence-corrected chi connectivity index (χ1v) is 9.72. The number of hydrogen-bond acceptors (Lipinski definition) is 5.